The predicted octanol–water partition coefficient (Wildman–Crippen LogP) is 1.18. The van der Waals surface area contributed by atoms with Crippen molar-refractivity contribution in [2.45, 2.75) is 44.5 Å². The summed E-state index contributed by atoms with van der Waals surface area (Å²) in [6.45, 7) is 1.90. The second-order valence-corrected chi connectivity index (χ2v) is 7.14. The van der Waals surface area contributed by atoms with Crippen molar-refractivity contribution in [3.63, 3.8) is 0 Å². The number of hydrogen-bond acceptors (Lipinski definition) is 4. The molecule has 0 amide bonds. The molecule has 0 N–H and O–H groups in total. The van der Waals surface area contributed by atoms with Gasteiger partial charge in [-0.05, 0) is 49.9 Å². The van der Waals surface area contributed by atoms with Crippen molar-refractivity contribution in [3.05, 3.63) is 0 Å². The molecule has 5 aliphatic rings. The van der Waals surface area contributed by atoms with E-state index in [1.807, 2.05) is 6.92 Å². The van der Waals surface area contributed by atoms with Gasteiger partial charge >= 0.3 is 5.97 Å². The van der Waals surface area contributed by atoms with Gasteiger partial charge in [-0.3, -0.25) is 4.79 Å². The first-order valence-corrected chi connectivity index (χ1v) is 7.55. The van der Waals surface area contributed by atoms with Gasteiger partial charge < -0.3 is 9.47 Å². The van der Waals surface area contributed by atoms with E-state index >= 15 is 0 Å². The Hall–Kier alpha value is -0.900. The Labute approximate surface area is 111 Å². The maximum absolute atomic E-state index is 11.9. The zero-order valence-electron chi connectivity index (χ0n) is 11.0. The highest BCUT2D eigenvalue weighted by Gasteiger charge is 2.70. The van der Waals surface area contributed by atoms with E-state index in [2.05, 4.69) is 0 Å². The van der Waals surface area contributed by atoms with Crippen molar-refractivity contribution in [1.82, 2.24) is 0 Å². The summed E-state index contributed by atoms with van der Waals surface area (Å²) in [5.41, 5.74) is 0. The Balaban J connectivity index is 1.30. The maximum Gasteiger partial charge on any atom is 0.338 e. The van der Waals surface area contributed by atoms with Crippen molar-refractivity contribution in [2.75, 3.05) is 0 Å². The van der Waals surface area contributed by atoms with Crippen molar-refractivity contribution in [3.8, 4) is 0 Å². The van der Waals surface area contributed by atoms with Crippen molar-refractivity contribution in [2.24, 2.45) is 35.5 Å². The summed E-state index contributed by atoms with van der Waals surface area (Å²) >= 11 is 0. The molecule has 102 valence electrons. The number of Topliss-reactive ketones (excluding diaryl/α,β-unsaturated/α-hetero) is 1. The lowest BCUT2D eigenvalue weighted by molar-refractivity contribution is -0.155. The minimum absolute atomic E-state index is 0.0376. The molecule has 4 nitrogen and oxygen atoms in total. The minimum Gasteiger partial charge on any atom is -0.460 e. The number of carbonyl (C=O) groups excluding carboxylic acids is 2. The SMILES string of the molecule is CC1OC1C(=O)OC1CC2CC1C1CC3C(=O)C3C21. The molecule has 2 bridgehead atoms. The van der Waals surface area contributed by atoms with Crippen molar-refractivity contribution in [1.29, 1.82) is 0 Å². The van der Waals surface area contributed by atoms with Crippen molar-refractivity contribution >= 4 is 11.8 Å². The minimum atomic E-state index is -0.312. The van der Waals surface area contributed by atoms with Crippen molar-refractivity contribution < 1.29 is 19.1 Å². The molecule has 0 aromatic carbocycles. The van der Waals surface area contributed by atoms with E-state index in [-0.39, 0.29) is 24.3 Å². The average Bonchev–Trinajstić information content (AvgIpc) is 3.04. The number of epoxide rings is 1. The lowest BCUT2D eigenvalue weighted by atomic mass is 9.77. The summed E-state index contributed by atoms with van der Waals surface area (Å²) in [7, 11) is 0. The molecule has 19 heavy (non-hydrogen) atoms. The topological polar surface area (TPSA) is 55.9 Å². The largest absolute Gasteiger partial charge is 0.460 e. The van der Waals surface area contributed by atoms with Gasteiger partial charge in [0.1, 0.15) is 11.9 Å². The lowest BCUT2D eigenvalue weighted by Gasteiger charge is -2.32. The van der Waals surface area contributed by atoms with E-state index in [0.717, 1.165) is 12.8 Å². The van der Waals surface area contributed by atoms with Crippen LogP contribution in [-0.2, 0) is 19.1 Å². The Morgan fingerprint density at radius 2 is 2.05 bits per heavy atom. The van der Waals surface area contributed by atoms with Crippen LogP contribution in [0.3, 0.4) is 0 Å². The van der Waals surface area contributed by atoms with Crippen LogP contribution in [-0.4, -0.2) is 30.1 Å². The number of carbonyl (C=O) groups is 2. The second-order valence-electron chi connectivity index (χ2n) is 7.14. The Kier molecular flexibility index (Phi) is 1.84. The van der Waals surface area contributed by atoms with Crippen LogP contribution in [0, 0.1) is 35.5 Å². The summed E-state index contributed by atoms with van der Waals surface area (Å²) < 4.78 is 10.9. The molecule has 5 rings (SSSR count). The number of fused-ring (bicyclic) bond motifs is 7. The van der Waals surface area contributed by atoms with Crippen LogP contribution in [0.1, 0.15) is 26.2 Å². The quantitative estimate of drug-likeness (QED) is 0.554. The molecule has 4 heteroatoms. The van der Waals surface area contributed by atoms with Gasteiger partial charge in [-0.1, -0.05) is 0 Å². The number of ether oxygens (including phenoxy) is 2. The third-order valence-corrected chi connectivity index (χ3v) is 6.35. The van der Waals surface area contributed by atoms with Gasteiger partial charge in [0.2, 0.25) is 0 Å². The molecule has 1 saturated heterocycles. The highest BCUT2D eigenvalue weighted by atomic mass is 16.6. The molecule has 1 aliphatic heterocycles. The van der Waals surface area contributed by atoms with E-state index in [0.29, 0.717) is 41.3 Å². The van der Waals surface area contributed by atoms with E-state index in [1.54, 1.807) is 0 Å². The van der Waals surface area contributed by atoms with Crippen LogP contribution in [0.25, 0.3) is 0 Å². The van der Waals surface area contributed by atoms with E-state index < -0.39 is 0 Å². The molecular weight excluding hydrogens is 244 g/mol. The molecule has 0 radical (unpaired) electrons. The first-order valence-electron chi connectivity index (χ1n) is 7.55. The number of rotatable bonds is 2. The van der Waals surface area contributed by atoms with E-state index in [9.17, 15) is 9.59 Å². The van der Waals surface area contributed by atoms with Crippen LogP contribution in [0.5, 0.6) is 0 Å². The summed E-state index contributed by atoms with van der Waals surface area (Å²) in [4.78, 5) is 23.5. The predicted molar refractivity (Wildman–Crippen MR) is 64.0 cm³/mol. The van der Waals surface area contributed by atoms with Crippen LogP contribution in [0.15, 0.2) is 0 Å². The Bertz CT molecular complexity index is 487. The highest BCUT2D eigenvalue weighted by molar-refractivity contribution is 6.00. The molecule has 9 unspecified atom stereocenters. The fraction of sp³-hybridized carbons (Fsp3) is 0.867. The van der Waals surface area contributed by atoms with Gasteiger partial charge in [-0.15, -0.1) is 0 Å². The van der Waals surface area contributed by atoms with E-state index in [4.69, 9.17) is 9.47 Å². The maximum atomic E-state index is 11.9. The molecule has 9 atom stereocenters. The van der Waals surface area contributed by atoms with Crippen LogP contribution in [0.2, 0.25) is 0 Å². The summed E-state index contributed by atoms with van der Waals surface area (Å²) in [5.74, 6) is 3.56. The highest BCUT2D eigenvalue weighted by Crippen LogP contribution is 2.68. The summed E-state index contributed by atoms with van der Waals surface area (Å²) in [5, 5.41) is 0. The third kappa shape index (κ3) is 1.28. The molecule has 4 saturated carbocycles. The number of esters is 1. The van der Waals surface area contributed by atoms with Gasteiger partial charge in [-0.2, -0.15) is 0 Å². The van der Waals surface area contributed by atoms with E-state index in [1.165, 1.54) is 6.42 Å². The molecule has 1 heterocycles. The molecule has 5 fully saturated rings. The van der Waals surface area contributed by atoms with Gasteiger partial charge in [0.15, 0.2) is 6.10 Å². The second kappa shape index (κ2) is 3.22. The molecule has 0 aromatic rings. The first kappa shape index (κ1) is 10.8. The fourth-order valence-corrected chi connectivity index (χ4v) is 5.47. The monoisotopic (exact) mass is 262 g/mol. The Morgan fingerprint density at radius 3 is 2.79 bits per heavy atom. The lowest BCUT2D eigenvalue weighted by Crippen LogP contribution is -2.35. The molecule has 0 spiro atoms. The van der Waals surface area contributed by atoms with Crippen LogP contribution in [0.4, 0.5) is 0 Å². The number of ketones is 1. The fourth-order valence-electron chi connectivity index (χ4n) is 5.47. The smallest absolute Gasteiger partial charge is 0.338 e. The standard InChI is InChI=1S/C15H18O4/c1-5-14(18-5)15(17)19-10-3-6-2-7(10)8-4-9-12(11(6)8)13(9)16/h5-12,14H,2-4H2,1H3. The third-order valence-electron chi connectivity index (χ3n) is 6.35. The summed E-state index contributed by atoms with van der Waals surface area (Å²) in [6, 6.07) is 0. The zero-order valence-corrected chi connectivity index (χ0v) is 11.0. The Morgan fingerprint density at radius 1 is 1.26 bits per heavy atom. The van der Waals surface area contributed by atoms with Gasteiger partial charge in [0.25, 0.3) is 0 Å². The number of hydrogen-bond donors (Lipinski definition) is 0. The van der Waals surface area contributed by atoms with Gasteiger partial charge in [0, 0.05) is 11.8 Å². The molecular formula is C15H18O4. The normalized spacial score (nSPS) is 59.8. The van der Waals surface area contributed by atoms with Gasteiger partial charge in [-0.25, -0.2) is 4.79 Å². The average molecular weight is 262 g/mol. The molecule has 0 aromatic heterocycles. The van der Waals surface area contributed by atoms with Gasteiger partial charge in [0.05, 0.1) is 6.10 Å². The zero-order chi connectivity index (χ0) is 12.9. The van der Waals surface area contributed by atoms with Crippen LogP contribution >= 0.6 is 0 Å². The van der Waals surface area contributed by atoms with Crippen LogP contribution < -0.4 is 0 Å². The first-order chi connectivity index (χ1) is 9.15. The summed E-state index contributed by atoms with van der Waals surface area (Å²) in [6.07, 6.45) is 3.05. The molecule has 4 aliphatic carbocycles.